The number of carbonyl (C=O) groups is 1. The maximum absolute atomic E-state index is 10.3. The van der Waals surface area contributed by atoms with Crippen LogP contribution in [0.1, 0.15) is 5.56 Å². The molecule has 0 spiro atoms. The average Bonchev–Trinajstić information content (AvgIpc) is 2.19. The Balaban J connectivity index is 2.43. The molecule has 1 aromatic carbocycles. The van der Waals surface area contributed by atoms with E-state index in [1.165, 1.54) is 0 Å². The van der Waals surface area contributed by atoms with E-state index in [0.717, 1.165) is 11.8 Å². The van der Waals surface area contributed by atoms with Crippen molar-refractivity contribution in [3.63, 3.8) is 0 Å². The first-order valence-corrected chi connectivity index (χ1v) is 4.04. The summed E-state index contributed by atoms with van der Waals surface area (Å²) >= 11 is 0. The molecule has 4 heteroatoms. The molecule has 4 nitrogen and oxygen atoms in total. The molecule has 0 bridgehead atoms. The molecule has 74 valence electrons. The second kappa shape index (κ2) is 4.91. The number of aliphatic carboxylic acids is 1. The van der Waals surface area contributed by atoms with E-state index in [1.807, 2.05) is 30.3 Å². The Bertz CT molecular complexity index is 332. The van der Waals surface area contributed by atoms with Crippen LogP contribution < -0.4 is 5.73 Å². The van der Waals surface area contributed by atoms with Crippen LogP contribution in [0.5, 0.6) is 0 Å². The Morgan fingerprint density at radius 1 is 1.43 bits per heavy atom. The van der Waals surface area contributed by atoms with Crippen molar-refractivity contribution in [2.45, 2.75) is 6.61 Å². The van der Waals surface area contributed by atoms with Gasteiger partial charge in [-0.15, -0.1) is 0 Å². The van der Waals surface area contributed by atoms with Gasteiger partial charge in [-0.1, -0.05) is 30.3 Å². The van der Waals surface area contributed by atoms with E-state index in [0.29, 0.717) is 6.61 Å². The first-order chi connectivity index (χ1) is 6.70. The number of ether oxygens (including phenoxy) is 1. The van der Waals surface area contributed by atoms with Crippen molar-refractivity contribution >= 4 is 5.97 Å². The molecule has 0 amide bonds. The van der Waals surface area contributed by atoms with Crippen LogP contribution in [0.3, 0.4) is 0 Å². The summed E-state index contributed by atoms with van der Waals surface area (Å²) in [6, 6.07) is 9.41. The molecule has 0 aromatic heterocycles. The van der Waals surface area contributed by atoms with E-state index >= 15 is 0 Å². The van der Waals surface area contributed by atoms with E-state index in [1.54, 1.807) is 0 Å². The fourth-order valence-electron chi connectivity index (χ4n) is 0.852. The van der Waals surface area contributed by atoms with Crippen LogP contribution in [0.15, 0.2) is 42.3 Å². The topological polar surface area (TPSA) is 72.5 Å². The quantitative estimate of drug-likeness (QED) is 0.554. The predicted octanol–water partition coefficient (Wildman–Crippen LogP) is 1.09. The molecule has 0 fully saturated rings. The Morgan fingerprint density at radius 2 is 2.07 bits per heavy atom. The first-order valence-electron chi connectivity index (χ1n) is 4.04. The second-order valence-electron chi connectivity index (χ2n) is 2.67. The van der Waals surface area contributed by atoms with Gasteiger partial charge >= 0.3 is 5.97 Å². The normalized spacial score (nSPS) is 11.0. The highest BCUT2D eigenvalue weighted by Gasteiger charge is 1.99. The van der Waals surface area contributed by atoms with Crippen LogP contribution in [-0.4, -0.2) is 11.1 Å². The minimum Gasteiger partial charge on any atom is -0.494 e. The fraction of sp³-hybridized carbons (Fsp3) is 0.100. The minimum absolute atomic E-state index is 0.305. The molecule has 0 saturated carbocycles. The Hall–Kier alpha value is -1.97. The number of nitrogens with two attached hydrogens (primary N) is 1. The van der Waals surface area contributed by atoms with Crippen molar-refractivity contribution in [2.75, 3.05) is 0 Å². The molecular formula is C10H11NO3. The summed E-state index contributed by atoms with van der Waals surface area (Å²) in [5, 5.41) is 8.41. The van der Waals surface area contributed by atoms with Gasteiger partial charge in [0.05, 0.1) is 0 Å². The van der Waals surface area contributed by atoms with Crippen LogP contribution in [0.2, 0.25) is 0 Å². The molecule has 1 aromatic rings. The summed E-state index contributed by atoms with van der Waals surface area (Å²) in [5.74, 6) is -1.18. The molecule has 1 rings (SSSR count). The number of rotatable bonds is 4. The lowest BCUT2D eigenvalue weighted by Crippen LogP contribution is -2.10. The Kier molecular flexibility index (Phi) is 3.55. The number of carboxylic acid groups (broad SMARTS) is 1. The van der Waals surface area contributed by atoms with E-state index in [-0.39, 0.29) is 5.70 Å². The standard InChI is InChI=1S/C10H11NO3/c11-9(10(12)13)7-14-6-8-4-2-1-3-5-8/h1-5,7H,6,11H2,(H,12,13). The summed E-state index contributed by atoms with van der Waals surface area (Å²) in [7, 11) is 0. The molecular weight excluding hydrogens is 182 g/mol. The van der Waals surface area contributed by atoms with Gasteiger partial charge in [-0.2, -0.15) is 0 Å². The van der Waals surface area contributed by atoms with E-state index < -0.39 is 5.97 Å². The zero-order chi connectivity index (χ0) is 10.4. The van der Waals surface area contributed by atoms with Crippen LogP contribution in [0.4, 0.5) is 0 Å². The number of hydrogen-bond acceptors (Lipinski definition) is 3. The van der Waals surface area contributed by atoms with Gasteiger partial charge in [0.1, 0.15) is 12.9 Å². The highest BCUT2D eigenvalue weighted by atomic mass is 16.5. The lowest BCUT2D eigenvalue weighted by Gasteiger charge is -2.00. The third-order valence-electron chi connectivity index (χ3n) is 1.55. The lowest BCUT2D eigenvalue weighted by atomic mass is 10.2. The van der Waals surface area contributed by atoms with Crippen molar-refractivity contribution in [3.8, 4) is 0 Å². The van der Waals surface area contributed by atoms with E-state index in [9.17, 15) is 4.79 Å². The molecule has 14 heavy (non-hydrogen) atoms. The molecule has 0 aliphatic carbocycles. The van der Waals surface area contributed by atoms with Crippen molar-refractivity contribution in [3.05, 3.63) is 47.9 Å². The van der Waals surface area contributed by atoms with Gasteiger partial charge in [0.15, 0.2) is 5.70 Å². The van der Waals surface area contributed by atoms with Gasteiger partial charge in [-0.3, -0.25) is 0 Å². The number of benzene rings is 1. The van der Waals surface area contributed by atoms with E-state index in [2.05, 4.69) is 0 Å². The number of carboxylic acids is 1. The zero-order valence-corrected chi connectivity index (χ0v) is 7.51. The summed E-state index contributed by atoms with van der Waals surface area (Å²) in [5.41, 5.74) is 5.77. The molecule has 3 N–H and O–H groups in total. The SMILES string of the molecule is NC(=COCc1ccccc1)C(=O)O. The van der Waals surface area contributed by atoms with Crippen molar-refractivity contribution in [1.82, 2.24) is 0 Å². The van der Waals surface area contributed by atoms with Crippen LogP contribution >= 0.6 is 0 Å². The molecule has 0 radical (unpaired) electrons. The van der Waals surface area contributed by atoms with E-state index in [4.69, 9.17) is 15.6 Å². The summed E-state index contributed by atoms with van der Waals surface area (Å²) < 4.78 is 4.97. The summed E-state index contributed by atoms with van der Waals surface area (Å²) in [6.45, 7) is 0.314. The predicted molar refractivity (Wildman–Crippen MR) is 51.1 cm³/mol. The smallest absolute Gasteiger partial charge is 0.354 e. The monoisotopic (exact) mass is 193 g/mol. The van der Waals surface area contributed by atoms with Gasteiger partial charge in [0, 0.05) is 0 Å². The highest BCUT2D eigenvalue weighted by Crippen LogP contribution is 2.01. The van der Waals surface area contributed by atoms with Crippen LogP contribution in [-0.2, 0) is 16.1 Å². The Morgan fingerprint density at radius 3 is 2.64 bits per heavy atom. The van der Waals surface area contributed by atoms with Crippen molar-refractivity contribution < 1.29 is 14.6 Å². The van der Waals surface area contributed by atoms with Gasteiger partial charge < -0.3 is 15.6 Å². The summed E-state index contributed by atoms with van der Waals surface area (Å²) in [4.78, 5) is 10.3. The Labute approximate surface area is 81.6 Å². The zero-order valence-electron chi connectivity index (χ0n) is 7.51. The average molecular weight is 193 g/mol. The van der Waals surface area contributed by atoms with Crippen molar-refractivity contribution in [1.29, 1.82) is 0 Å². The van der Waals surface area contributed by atoms with Gasteiger partial charge in [0.25, 0.3) is 0 Å². The molecule has 0 atom stereocenters. The van der Waals surface area contributed by atoms with Crippen molar-refractivity contribution in [2.24, 2.45) is 5.73 Å². The third kappa shape index (κ3) is 3.18. The third-order valence-corrected chi connectivity index (χ3v) is 1.55. The fourth-order valence-corrected chi connectivity index (χ4v) is 0.852. The minimum atomic E-state index is -1.18. The molecule has 0 aliphatic heterocycles. The molecule has 0 aliphatic rings. The van der Waals surface area contributed by atoms with Crippen LogP contribution in [0.25, 0.3) is 0 Å². The lowest BCUT2D eigenvalue weighted by molar-refractivity contribution is -0.132. The van der Waals surface area contributed by atoms with Gasteiger partial charge in [-0.05, 0) is 5.56 Å². The highest BCUT2D eigenvalue weighted by molar-refractivity contribution is 5.84. The maximum atomic E-state index is 10.3. The molecule has 0 saturated heterocycles. The van der Waals surface area contributed by atoms with Gasteiger partial charge in [-0.25, -0.2) is 4.79 Å². The number of hydrogen-bond donors (Lipinski definition) is 2. The maximum Gasteiger partial charge on any atom is 0.354 e. The largest absolute Gasteiger partial charge is 0.494 e. The molecule has 0 unspecified atom stereocenters. The second-order valence-corrected chi connectivity index (χ2v) is 2.67. The summed E-state index contributed by atoms with van der Waals surface area (Å²) in [6.07, 6.45) is 1.04. The van der Waals surface area contributed by atoms with Gasteiger partial charge in [0.2, 0.25) is 0 Å². The first kappa shape index (κ1) is 10.1. The van der Waals surface area contributed by atoms with Crippen LogP contribution in [0, 0.1) is 0 Å². The molecule has 0 heterocycles.